The van der Waals surface area contributed by atoms with Gasteiger partial charge in [-0.1, -0.05) is 6.42 Å². The van der Waals surface area contributed by atoms with E-state index in [-0.39, 0.29) is 0 Å². The van der Waals surface area contributed by atoms with Crippen LogP contribution in [0.2, 0.25) is 0 Å². The second-order valence-corrected chi connectivity index (χ2v) is 5.64. The lowest BCUT2D eigenvalue weighted by Crippen LogP contribution is -2.39. The van der Waals surface area contributed by atoms with Crippen LogP contribution in [0.5, 0.6) is 0 Å². The highest BCUT2D eigenvalue weighted by Gasteiger charge is 2.18. The van der Waals surface area contributed by atoms with Crippen LogP contribution in [0.1, 0.15) is 44.9 Å². The highest BCUT2D eigenvalue weighted by molar-refractivity contribution is 4.79. The van der Waals surface area contributed by atoms with Gasteiger partial charge >= 0.3 is 0 Å². The Morgan fingerprint density at radius 1 is 1.22 bits per heavy atom. The number of nitrogens with one attached hydrogen (secondary N) is 1. The summed E-state index contributed by atoms with van der Waals surface area (Å²) in [6.45, 7) is 3.57. The van der Waals surface area contributed by atoms with E-state index in [0.717, 1.165) is 45.6 Å². The molecule has 0 aromatic carbocycles. The third kappa shape index (κ3) is 5.22. The molecule has 1 saturated carbocycles. The molecule has 1 saturated heterocycles. The Morgan fingerprint density at radius 2 is 2.17 bits per heavy atom. The van der Waals surface area contributed by atoms with Crippen LogP contribution < -0.4 is 11.1 Å². The molecule has 0 aromatic heterocycles. The number of hydrogen-bond acceptors (Lipinski definition) is 4. The summed E-state index contributed by atoms with van der Waals surface area (Å²) in [6.07, 6.45) is 8.68. The smallest absolute Gasteiger partial charge is 0.0809 e. The van der Waals surface area contributed by atoms with Crippen molar-refractivity contribution >= 4 is 0 Å². The van der Waals surface area contributed by atoms with Gasteiger partial charge in [0.05, 0.1) is 12.7 Å². The van der Waals surface area contributed by atoms with Crippen LogP contribution in [0.25, 0.3) is 0 Å². The van der Waals surface area contributed by atoms with Gasteiger partial charge in [0.25, 0.3) is 0 Å². The van der Waals surface area contributed by atoms with Crippen molar-refractivity contribution in [3.8, 4) is 0 Å². The summed E-state index contributed by atoms with van der Waals surface area (Å²) in [5, 5.41) is 3.59. The predicted molar refractivity (Wildman–Crippen MR) is 72.6 cm³/mol. The van der Waals surface area contributed by atoms with Gasteiger partial charge in [-0.3, -0.25) is 0 Å². The molecule has 2 rings (SSSR count). The van der Waals surface area contributed by atoms with Crippen molar-refractivity contribution < 1.29 is 9.47 Å². The molecule has 2 aliphatic rings. The molecule has 2 fully saturated rings. The Labute approximate surface area is 111 Å². The van der Waals surface area contributed by atoms with E-state index in [9.17, 15) is 0 Å². The largest absolute Gasteiger partial charge is 0.379 e. The molecule has 3 unspecified atom stereocenters. The van der Waals surface area contributed by atoms with Gasteiger partial charge in [0.15, 0.2) is 0 Å². The van der Waals surface area contributed by atoms with E-state index in [1.165, 1.54) is 25.7 Å². The summed E-state index contributed by atoms with van der Waals surface area (Å²) < 4.78 is 11.2. The lowest BCUT2D eigenvalue weighted by molar-refractivity contribution is 0.0164. The first-order valence-electron chi connectivity index (χ1n) is 7.53. The Balaban J connectivity index is 1.41. The molecule has 18 heavy (non-hydrogen) atoms. The summed E-state index contributed by atoms with van der Waals surface area (Å²) in [5.74, 6) is 0. The summed E-state index contributed by atoms with van der Waals surface area (Å²) >= 11 is 0. The minimum atomic E-state index is 0.356. The number of nitrogens with two attached hydrogens (primary N) is 1. The molecular formula is C14H28N2O2. The zero-order valence-corrected chi connectivity index (χ0v) is 11.4. The number of rotatable bonds is 7. The van der Waals surface area contributed by atoms with E-state index in [1.54, 1.807) is 0 Å². The van der Waals surface area contributed by atoms with E-state index in [4.69, 9.17) is 15.2 Å². The zero-order valence-electron chi connectivity index (χ0n) is 11.4. The van der Waals surface area contributed by atoms with E-state index in [2.05, 4.69) is 5.32 Å². The van der Waals surface area contributed by atoms with Gasteiger partial charge < -0.3 is 20.5 Å². The second kappa shape index (κ2) is 8.10. The molecule has 106 valence electrons. The molecule has 0 amide bonds. The Kier molecular flexibility index (Phi) is 6.41. The Morgan fingerprint density at radius 3 is 2.94 bits per heavy atom. The quantitative estimate of drug-likeness (QED) is 0.677. The molecule has 1 aliphatic heterocycles. The minimum absolute atomic E-state index is 0.356. The highest BCUT2D eigenvalue weighted by Crippen LogP contribution is 2.16. The van der Waals surface area contributed by atoms with Gasteiger partial charge in [-0.2, -0.15) is 0 Å². The van der Waals surface area contributed by atoms with Crippen molar-refractivity contribution in [1.82, 2.24) is 5.32 Å². The van der Waals surface area contributed by atoms with Gasteiger partial charge in [-0.25, -0.2) is 0 Å². The van der Waals surface area contributed by atoms with E-state index >= 15 is 0 Å². The number of ether oxygens (including phenoxy) is 2. The summed E-state index contributed by atoms with van der Waals surface area (Å²) in [4.78, 5) is 0. The van der Waals surface area contributed by atoms with E-state index in [0.29, 0.717) is 18.2 Å². The molecule has 0 radical (unpaired) electrons. The topological polar surface area (TPSA) is 56.5 Å². The highest BCUT2D eigenvalue weighted by atomic mass is 16.5. The van der Waals surface area contributed by atoms with Crippen LogP contribution in [0.3, 0.4) is 0 Å². The van der Waals surface area contributed by atoms with Crippen LogP contribution in [0.4, 0.5) is 0 Å². The standard InChI is InChI=1S/C14H28N2O2/c15-12-4-1-5-13(10-12)16-7-3-8-17-11-14-6-2-9-18-14/h12-14,16H,1-11,15H2. The maximum atomic E-state index is 5.97. The Hall–Kier alpha value is -0.160. The second-order valence-electron chi connectivity index (χ2n) is 5.64. The van der Waals surface area contributed by atoms with Crippen LogP contribution in [-0.2, 0) is 9.47 Å². The summed E-state index contributed by atoms with van der Waals surface area (Å²) in [6, 6.07) is 1.04. The van der Waals surface area contributed by atoms with Crippen molar-refractivity contribution in [3.05, 3.63) is 0 Å². The molecule has 1 heterocycles. The summed E-state index contributed by atoms with van der Waals surface area (Å²) in [7, 11) is 0. The molecule has 0 spiro atoms. The fraction of sp³-hybridized carbons (Fsp3) is 1.00. The van der Waals surface area contributed by atoms with Gasteiger partial charge in [-0.15, -0.1) is 0 Å². The average molecular weight is 256 g/mol. The number of hydrogen-bond donors (Lipinski definition) is 2. The lowest BCUT2D eigenvalue weighted by atomic mass is 9.91. The van der Waals surface area contributed by atoms with Gasteiger partial charge in [0, 0.05) is 25.3 Å². The van der Waals surface area contributed by atoms with Gasteiger partial charge in [-0.05, 0) is 45.1 Å². The molecule has 4 nitrogen and oxygen atoms in total. The first kappa shape index (κ1) is 14.3. The maximum absolute atomic E-state index is 5.97. The molecule has 4 heteroatoms. The van der Waals surface area contributed by atoms with Crippen LogP contribution >= 0.6 is 0 Å². The van der Waals surface area contributed by atoms with Crippen molar-refractivity contribution in [1.29, 1.82) is 0 Å². The van der Waals surface area contributed by atoms with Gasteiger partial charge in [0.2, 0.25) is 0 Å². The van der Waals surface area contributed by atoms with Crippen molar-refractivity contribution in [2.75, 3.05) is 26.4 Å². The Bertz CT molecular complexity index is 220. The average Bonchev–Trinajstić information content (AvgIpc) is 2.87. The van der Waals surface area contributed by atoms with E-state index < -0.39 is 0 Å². The molecule has 3 N–H and O–H groups in total. The van der Waals surface area contributed by atoms with Crippen molar-refractivity contribution in [2.45, 2.75) is 63.1 Å². The predicted octanol–water partition coefficient (Wildman–Crippen LogP) is 1.43. The summed E-state index contributed by atoms with van der Waals surface area (Å²) in [5.41, 5.74) is 5.97. The molecule has 0 bridgehead atoms. The molecule has 1 aliphatic carbocycles. The first-order valence-corrected chi connectivity index (χ1v) is 7.53. The third-order valence-electron chi connectivity index (χ3n) is 3.94. The molecule has 0 aromatic rings. The normalized spacial score (nSPS) is 32.8. The van der Waals surface area contributed by atoms with Crippen molar-refractivity contribution in [3.63, 3.8) is 0 Å². The van der Waals surface area contributed by atoms with E-state index in [1.807, 2.05) is 0 Å². The lowest BCUT2D eigenvalue weighted by Gasteiger charge is -2.27. The van der Waals surface area contributed by atoms with Crippen molar-refractivity contribution in [2.24, 2.45) is 5.73 Å². The third-order valence-corrected chi connectivity index (χ3v) is 3.94. The monoisotopic (exact) mass is 256 g/mol. The van der Waals surface area contributed by atoms with Crippen LogP contribution in [0.15, 0.2) is 0 Å². The maximum Gasteiger partial charge on any atom is 0.0809 e. The molecular weight excluding hydrogens is 228 g/mol. The SMILES string of the molecule is NC1CCCC(NCCCOCC2CCCO2)C1. The van der Waals surface area contributed by atoms with Crippen LogP contribution in [-0.4, -0.2) is 44.6 Å². The zero-order chi connectivity index (χ0) is 12.6. The van der Waals surface area contributed by atoms with Crippen LogP contribution in [0, 0.1) is 0 Å². The fourth-order valence-corrected chi connectivity index (χ4v) is 2.88. The first-order chi connectivity index (χ1) is 8.84. The fourth-order valence-electron chi connectivity index (χ4n) is 2.88. The molecule has 3 atom stereocenters. The van der Waals surface area contributed by atoms with Gasteiger partial charge in [0.1, 0.15) is 0 Å². The minimum Gasteiger partial charge on any atom is -0.379 e.